The van der Waals surface area contributed by atoms with Gasteiger partial charge < -0.3 is 4.74 Å². The van der Waals surface area contributed by atoms with Gasteiger partial charge >= 0.3 is 0 Å². The Bertz CT molecular complexity index is 1210. The highest BCUT2D eigenvalue weighted by molar-refractivity contribution is 7.99. The largest absolute Gasteiger partial charge is 0.496 e. The number of hydrogen-bond acceptors (Lipinski definition) is 6. The summed E-state index contributed by atoms with van der Waals surface area (Å²) < 4.78 is 20.8. The van der Waals surface area contributed by atoms with Gasteiger partial charge in [-0.3, -0.25) is 14.3 Å². The lowest BCUT2D eigenvalue weighted by molar-refractivity contribution is 0.101. The van der Waals surface area contributed by atoms with Crippen molar-refractivity contribution in [3.05, 3.63) is 83.9 Å². The van der Waals surface area contributed by atoms with Gasteiger partial charge in [-0.25, -0.2) is 4.39 Å². The number of aryl methyl sites for hydroxylation is 1. The summed E-state index contributed by atoms with van der Waals surface area (Å²) in [7, 11) is 1.45. The number of aromatic nitrogens is 4. The fourth-order valence-electron chi connectivity index (χ4n) is 3.08. The maximum absolute atomic E-state index is 13.7. The SMILES string of the molecule is COc1ccc(F)cc1C(=O)CSc1nnc(-c2ccncc2)n1-c1ccc(C)cc1. The summed E-state index contributed by atoms with van der Waals surface area (Å²) in [4.78, 5) is 16.8. The van der Waals surface area contributed by atoms with Crippen LogP contribution in [0.2, 0.25) is 0 Å². The summed E-state index contributed by atoms with van der Waals surface area (Å²) in [5.41, 5.74) is 3.06. The summed E-state index contributed by atoms with van der Waals surface area (Å²) in [5, 5.41) is 9.22. The lowest BCUT2D eigenvalue weighted by Crippen LogP contribution is -2.07. The molecule has 156 valence electrons. The van der Waals surface area contributed by atoms with Crippen molar-refractivity contribution < 1.29 is 13.9 Å². The van der Waals surface area contributed by atoms with Gasteiger partial charge in [0, 0.05) is 23.6 Å². The maximum Gasteiger partial charge on any atom is 0.196 e. The Morgan fingerprint density at radius 1 is 1.06 bits per heavy atom. The van der Waals surface area contributed by atoms with Gasteiger partial charge in [-0.2, -0.15) is 0 Å². The Labute approximate surface area is 183 Å². The molecular formula is C23H19FN4O2S. The van der Waals surface area contributed by atoms with Crippen molar-refractivity contribution in [2.24, 2.45) is 0 Å². The molecular weight excluding hydrogens is 415 g/mol. The number of pyridine rings is 1. The molecule has 0 saturated heterocycles. The average molecular weight is 434 g/mol. The van der Waals surface area contributed by atoms with Crippen molar-refractivity contribution in [2.75, 3.05) is 12.9 Å². The normalized spacial score (nSPS) is 10.8. The highest BCUT2D eigenvalue weighted by atomic mass is 32.2. The molecule has 0 radical (unpaired) electrons. The van der Waals surface area contributed by atoms with Crippen LogP contribution in [0.1, 0.15) is 15.9 Å². The molecule has 0 fully saturated rings. The van der Waals surface area contributed by atoms with Crippen molar-refractivity contribution in [1.82, 2.24) is 19.7 Å². The van der Waals surface area contributed by atoms with Gasteiger partial charge in [0.1, 0.15) is 11.6 Å². The molecule has 0 saturated carbocycles. The zero-order valence-electron chi connectivity index (χ0n) is 16.9. The molecule has 0 aliphatic rings. The standard InChI is InChI=1S/C23H19FN4O2S/c1-15-3-6-18(7-4-15)28-22(16-9-11-25-12-10-16)26-27-23(28)31-14-20(29)19-13-17(24)5-8-21(19)30-2/h3-13H,14H2,1-2H3. The number of benzene rings is 2. The third-order valence-corrected chi connectivity index (χ3v) is 5.59. The number of ether oxygens (including phenoxy) is 1. The van der Waals surface area contributed by atoms with Crippen LogP contribution < -0.4 is 4.74 Å². The summed E-state index contributed by atoms with van der Waals surface area (Å²) in [5.74, 6) is 0.288. The Balaban J connectivity index is 1.67. The number of thioether (sulfide) groups is 1. The molecule has 2 aromatic heterocycles. The third-order valence-electron chi connectivity index (χ3n) is 4.66. The first-order valence-electron chi connectivity index (χ1n) is 9.49. The zero-order chi connectivity index (χ0) is 21.8. The maximum atomic E-state index is 13.7. The molecule has 2 aromatic carbocycles. The highest BCUT2D eigenvalue weighted by Crippen LogP contribution is 2.29. The van der Waals surface area contributed by atoms with Gasteiger partial charge in [-0.1, -0.05) is 29.5 Å². The molecule has 6 nitrogen and oxygen atoms in total. The minimum atomic E-state index is -0.489. The first-order valence-corrected chi connectivity index (χ1v) is 10.5. The molecule has 0 bridgehead atoms. The lowest BCUT2D eigenvalue weighted by atomic mass is 10.1. The quantitative estimate of drug-likeness (QED) is 0.309. The molecule has 0 aliphatic heterocycles. The highest BCUT2D eigenvalue weighted by Gasteiger charge is 2.19. The monoisotopic (exact) mass is 434 g/mol. The van der Waals surface area contributed by atoms with E-state index in [4.69, 9.17) is 4.74 Å². The molecule has 31 heavy (non-hydrogen) atoms. The van der Waals surface area contributed by atoms with Gasteiger partial charge in [0.05, 0.1) is 18.4 Å². The Morgan fingerprint density at radius 2 is 1.81 bits per heavy atom. The van der Waals surface area contributed by atoms with Gasteiger partial charge in [-0.15, -0.1) is 10.2 Å². The first kappa shape index (κ1) is 20.7. The van der Waals surface area contributed by atoms with Crippen molar-refractivity contribution >= 4 is 17.5 Å². The van der Waals surface area contributed by atoms with Gasteiger partial charge in [0.15, 0.2) is 16.8 Å². The molecule has 0 unspecified atom stereocenters. The average Bonchev–Trinajstić information content (AvgIpc) is 3.22. The van der Waals surface area contributed by atoms with E-state index < -0.39 is 5.82 Å². The van der Waals surface area contributed by atoms with E-state index in [1.54, 1.807) is 12.4 Å². The number of carbonyl (C=O) groups is 1. The molecule has 0 amide bonds. The van der Waals surface area contributed by atoms with Crippen LogP contribution in [-0.4, -0.2) is 38.4 Å². The number of methoxy groups -OCH3 is 1. The number of ketones is 1. The summed E-state index contributed by atoms with van der Waals surface area (Å²) in [6.07, 6.45) is 3.38. The van der Waals surface area contributed by atoms with E-state index in [9.17, 15) is 9.18 Å². The van der Waals surface area contributed by atoms with Crippen LogP contribution in [0.4, 0.5) is 4.39 Å². The lowest BCUT2D eigenvalue weighted by Gasteiger charge is -2.11. The van der Waals surface area contributed by atoms with Crippen LogP contribution in [0, 0.1) is 12.7 Å². The van der Waals surface area contributed by atoms with Crippen LogP contribution in [-0.2, 0) is 0 Å². The number of Topliss-reactive ketones (excluding diaryl/α,β-unsaturated/α-hetero) is 1. The van der Waals surface area contributed by atoms with Crippen LogP contribution in [0.25, 0.3) is 17.1 Å². The number of hydrogen-bond donors (Lipinski definition) is 0. The Hall–Kier alpha value is -3.52. The predicted molar refractivity (Wildman–Crippen MR) is 117 cm³/mol. The second-order valence-corrected chi connectivity index (χ2v) is 7.71. The second kappa shape index (κ2) is 9.09. The Kier molecular flexibility index (Phi) is 6.08. The van der Waals surface area contributed by atoms with Crippen molar-refractivity contribution in [1.29, 1.82) is 0 Å². The summed E-state index contributed by atoms with van der Waals surface area (Å²) in [6.45, 7) is 2.01. The van der Waals surface area contributed by atoms with Crippen LogP contribution in [0.15, 0.2) is 72.1 Å². The molecule has 4 aromatic rings. The minimum absolute atomic E-state index is 0.0557. The summed E-state index contributed by atoms with van der Waals surface area (Å²) >= 11 is 1.24. The van der Waals surface area contributed by atoms with E-state index in [-0.39, 0.29) is 17.1 Å². The molecule has 4 rings (SSSR count). The second-order valence-electron chi connectivity index (χ2n) is 6.77. The van der Waals surface area contributed by atoms with Crippen molar-refractivity contribution in [2.45, 2.75) is 12.1 Å². The summed E-state index contributed by atoms with van der Waals surface area (Å²) in [6, 6.07) is 15.6. The number of halogens is 1. The van der Waals surface area contributed by atoms with E-state index in [2.05, 4.69) is 15.2 Å². The molecule has 0 spiro atoms. The van der Waals surface area contributed by atoms with Crippen LogP contribution >= 0.6 is 11.8 Å². The van der Waals surface area contributed by atoms with Crippen LogP contribution in [0.5, 0.6) is 5.75 Å². The number of nitrogens with zero attached hydrogens (tertiary/aromatic N) is 4. The van der Waals surface area contributed by atoms with E-state index >= 15 is 0 Å². The molecule has 8 heteroatoms. The van der Waals surface area contributed by atoms with Gasteiger partial charge in [0.2, 0.25) is 0 Å². The van der Waals surface area contributed by atoms with Crippen molar-refractivity contribution in [3.8, 4) is 22.8 Å². The first-order chi connectivity index (χ1) is 15.1. The van der Waals surface area contributed by atoms with Crippen LogP contribution in [0.3, 0.4) is 0 Å². The van der Waals surface area contributed by atoms with E-state index in [1.807, 2.05) is 47.9 Å². The van der Waals surface area contributed by atoms with Gasteiger partial charge in [0.25, 0.3) is 0 Å². The number of rotatable bonds is 7. The van der Waals surface area contributed by atoms with Crippen molar-refractivity contribution in [3.63, 3.8) is 0 Å². The molecule has 2 heterocycles. The molecule has 0 atom stereocenters. The minimum Gasteiger partial charge on any atom is -0.496 e. The van der Waals surface area contributed by atoms with E-state index in [0.29, 0.717) is 16.7 Å². The smallest absolute Gasteiger partial charge is 0.196 e. The van der Waals surface area contributed by atoms with E-state index in [1.165, 1.54) is 37.1 Å². The predicted octanol–water partition coefficient (Wildman–Crippen LogP) is 4.76. The Morgan fingerprint density at radius 3 is 2.52 bits per heavy atom. The number of carbonyl (C=O) groups excluding carboxylic acids is 1. The van der Waals surface area contributed by atoms with E-state index in [0.717, 1.165) is 16.8 Å². The topological polar surface area (TPSA) is 69.9 Å². The molecule has 0 N–H and O–H groups in total. The third kappa shape index (κ3) is 4.49. The molecule has 0 aliphatic carbocycles. The fourth-order valence-corrected chi connectivity index (χ4v) is 3.92. The zero-order valence-corrected chi connectivity index (χ0v) is 17.8. The van der Waals surface area contributed by atoms with Gasteiger partial charge in [-0.05, 0) is 49.4 Å². The fraction of sp³-hybridized carbons (Fsp3) is 0.130.